The lowest BCUT2D eigenvalue weighted by Crippen LogP contribution is -2.27. The molecule has 0 amide bonds. The standard InChI is InChI=1S/C19H21F2N3O2P2/c1-2-19(9-11-28(25)12-19)17-23-22-16-14(7-5-10-24(16)17)26-13-6-3-4-8-15(13)27-18(20)21/h3-8,10,18,25,27H,2,9,11-12H2,1H3. The maximum Gasteiger partial charge on any atom is 0.256 e. The number of alkyl halides is 2. The van der Waals surface area contributed by atoms with Gasteiger partial charge in [-0.05, 0) is 45.8 Å². The van der Waals surface area contributed by atoms with Gasteiger partial charge in [0, 0.05) is 31.2 Å². The van der Waals surface area contributed by atoms with Crippen LogP contribution in [0.15, 0.2) is 42.6 Å². The van der Waals surface area contributed by atoms with Crippen LogP contribution in [0.2, 0.25) is 0 Å². The Labute approximate surface area is 164 Å². The fourth-order valence-electron chi connectivity index (χ4n) is 3.72. The summed E-state index contributed by atoms with van der Waals surface area (Å²) in [6.45, 7) is 2.11. The minimum Gasteiger partial charge on any atom is -0.453 e. The van der Waals surface area contributed by atoms with Crippen LogP contribution < -0.4 is 10.0 Å². The number of benzene rings is 1. The van der Waals surface area contributed by atoms with E-state index >= 15 is 0 Å². The summed E-state index contributed by atoms with van der Waals surface area (Å²) >= 11 is 0. The molecule has 0 radical (unpaired) electrons. The molecule has 1 aliphatic rings. The second kappa shape index (κ2) is 7.98. The normalized spacial score (nSPS) is 22.7. The van der Waals surface area contributed by atoms with Crippen molar-refractivity contribution < 1.29 is 18.4 Å². The Morgan fingerprint density at radius 3 is 2.75 bits per heavy atom. The molecule has 0 bridgehead atoms. The Morgan fingerprint density at radius 1 is 1.25 bits per heavy atom. The molecule has 0 aliphatic carbocycles. The van der Waals surface area contributed by atoms with Gasteiger partial charge in [-0.1, -0.05) is 25.1 Å². The number of pyridine rings is 1. The van der Waals surface area contributed by atoms with Crippen molar-refractivity contribution in [2.24, 2.45) is 0 Å². The summed E-state index contributed by atoms with van der Waals surface area (Å²) in [5.74, 6) is 1.71. The largest absolute Gasteiger partial charge is 0.453 e. The van der Waals surface area contributed by atoms with Gasteiger partial charge in [-0.3, -0.25) is 4.40 Å². The first-order chi connectivity index (χ1) is 13.5. The van der Waals surface area contributed by atoms with Crippen LogP contribution in [0.5, 0.6) is 11.5 Å². The van der Waals surface area contributed by atoms with E-state index in [1.807, 2.05) is 16.7 Å². The van der Waals surface area contributed by atoms with Gasteiger partial charge >= 0.3 is 0 Å². The van der Waals surface area contributed by atoms with Gasteiger partial charge in [-0.15, -0.1) is 10.2 Å². The number of hydrogen-bond acceptors (Lipinski definition) is 4. The Kier molecular flexibility index (Phi) is 5.59. The first-order valence-electron chi connectivity index (χ1n) is 9.12. The molecule has 1 fully saturated rings. The van der Waals surface area contributed by atoms with Crippen molar-refractivity contribution in [1.82, 2.24) is 14.6 Å². The highest BCUT2D eigenvalue weighted by atomic mass is 31.1. The molecule has 1 aliphatic heterocycles. The summed E-state index contributed by atoms with van der Waals surface area (Å²) in [6, 6.07) is 10.4. The highest BCUT2D eigenvalue weighted by molar-refractivity contribution is 7.52. The molecule has 3 aromatic rings. The second-order valence-electron chi connectivity index (χ2n) is 6.90. The predicted molar refractivity (Wildman–Crippen MR) is 109 cm³/mol. The van der Waals surface area contributed by atoms with Crippen LogP contribution in [-0.2, 0) is 5.41 Å². The van der Waals surface area contributed by atoms with Gasteiger partial charge < -0.3 is 9.63 Å². The molecule has 9 heteroatoms. The monoisotopic (exact) mass is 423 g/mol. The third-order valence-electron chi connectivity index (χ3n) is 5.26. The highest BCUT2D eigenvalue weighted by Crippen LogP contribution is 2.51. The van der Waals surface area contributed by atoms with Crippen molar-refractivity contribution in [2.45, 2.75) is 31.3 Å². The smallest absolute Gasteiger partial charge is 0.256 e. The van der Waals surface area contributed by atoms with E-state index in [1.54, 1.807) is 30.3 Å². The Morgan fingerprint density at radius 2 is 2.04 bits per heavy atom. The number of para-hydroxylation sites is 1. The quantitative estimate of drug-likeness (QED) is 0.594. The van der Waals surface area contributed by atoms with E-state index < -0.39 is 22.9 Å². The summed E-state index contributed by atoms with van der Waals surface area (Å²) in [5.41, 5.74) is 0.364. The Bertz CT molecular complexity index is 985. The summed E-state index contributed by atoms with van der Waals surface area (Å²) < 4.78 is 33.7. The van der Waals surface area contributed by atoms with Gasteiger partial charge in [-0.25, -0.2) is 8.78 Å². The molecule has 0 spiro atoms. The zero-order chi connectivity index (χ0) is 19.7. The van der Waals surface area contributed by atoms with E-state index in [4.69, 9.17) is 4.74 Å². The van der Waals surface area contributed by atoms with E-state index in [9.17, 15) is 13.7 Å². The molecule has 148 valence electrons. The van der Waals surface area contributed by atoms with Crippen LogP contribution in [0, 0.1) is 0 Å². The third-order valence-corrected chi connectivity index (χ3v) is 7.91. The van der Waals surface area contributed by atoms with Crippen molar-refractivity contribution in [2.75, 3.05) is 12.3 Å². The average Bonchev–Trinajstić information content (AvgIpc) is 3.28. The summed E-state index contributed by atoms with van der Waals surface area (Å²) in [7, 11) is -1.60. The maximum absolute atomic E-state index is 12.9. The summed E-state index contributed by atoms with van der Waals surface area (Å²) in [6.07, 6.45) is 2.77. The summed E-state index contributed by atoms with van der Waals surface area (Å²) in [4.78, 5) is 10.1. The molecule has 3 unspecified atom stereocenters. The van der Waals surface area contributed by atoms with Gasteiger partial charge in [-0.2, -0.15) is 0 Å². The second-order valence-corrected chi connectivity index (χ2v) is 9.95. The number of rotatable bonds is 6. The Hall–Kier alpha value is -1.68. The molecule has 1 saturated heterocycles. The first-order valence-corrected chi connectivity index (χ1v) is 11.9. The maximum atomic E-state index is 12.9. The number of fused-ring (bicyclic) bond motifs is 1. The number of nitrogens with zero attached hydrogens (tertiary/aromatic N) is 3. The van der Waals surface area contributed by atoms with Crippen molar-refractivity contribution in [3.63, 3.8) is 0 Å². The van der Waals surface area contributed by atoms with E-state index in [-0.39, 0.29) is 5.41 Å². The molecule has 4 rings (SSSR count). The predicted octanol–water partition coefficient (Wildman–Crippen LogP) is 4.49. The molecule has 2 aromatic heterocycles. The van der Waals surface area contributed by atoms with Crippen molar-refractivity contribution in [3.05, 3.63) is 48.4 Å². The molecule has 5 nitrogen and oxygen atoms in total. The lowest BCUT2D eigenvalue weighted by atomic mass is 9.84. The third kappa shape index (κ3) is 3.63. The van der Waals surface area contributed by atoms with Crippen molar-refractivity contribution in [3.8, 4) is 11.5 Å². The molecule has 0 saturated carbocycles. The Balaban J connectivity index is 1.72. The number of hydrogen-bond donors (Lipinski definition) is 1. The summed E-state index contributed by atoms with van der Waals surface area (Å²) in [5, 5.41) is 9.26. The number of halogens is 2. The van der Waals surface area contributed by atoms with Crippen molar-refractivity contribution >= 4 is 27.7 Å². The van der Waals surface area contributed by atoms with Gasteiger partial charge in [0.15, 0.2) is 5.75 Å². The van der Waals surface area contributed by atoms with E-state index in [1.165, 1.54) is 0 Å². The lowest BCUT2D eigenvalue weighted by molar-refractivity contribution is 0.249. The minimum absolute atomic E-state index is 0.187. The molecule has 3 heterocycles. The number of aromatic nitrogens is 3. The fraction of sp³-hybridized carbons (Fsp3) is 0.368. The zero-order valence-corrected chi connectivity index (χ0v) is 17.2. The SMILES string of the molecule is CCC1(c2nnc3c(Oc4ccccc4PC(F)F)cccn23)CCP(O)C1. The van der Waals surface area contributed by atoms with Gasteiger partial charge in [0.1, 0.15) is 11.6 Å². The lowest BCUT2D eigenvalue weighted by Gasteiger charge is -2.25. The van der Waals surface area contributed by atoms with Crippen molar-refractivity contribution in [1.29, 1.82) is 0 Å². The zero-order valence-electron chi connectivity index (χ0n) is 15.3. The molecule has 1 aromatic carbocycles. The van der Waals surface area contributed by atoms with E-state index in [0.717, 1.165) is 31.0 Å². The topological polar surface area (TPSA) is 59.7 Å². The van der Waals surface area contributed by atoms with Gasteiger partial charge in [0.2, 0.25) is 5.65 Å². The van der Waals surface area contributed by atoms with Crippen LogP contribution >= 0.6 is 16.7 Å². The van der Waals surface area contributed by atoms with Crippen LogP contribution in [0.3, 0.4) is 0 Å². The van der Waals surface area contributed by atoms with Gasteiger partial charge in [0.25, 0.3) is 6.17 Å². The fourth-order valence-corrected chi connectivity index (χ4v) is 6.49. The van der Waals surface area contributed by atoms with Crippen LogP contribution in [0.25, 0.3) is 5.65 Å². The van der Waals surface area contributed by atoms with Crippen LogP contribution in [0.4, 0.5) is 8.78 Å². The average molecular weight is 423 g/mol. The minimum atomic E-state index is -2.42. The highest BCUT2D eigenvalue weighted by Gasteiger charge is 2.42. The van der Waals surface area contributed by atoms with Crippen LogP contribution in [-0.4, -0.2) is 38.0 Å². The van der Waals surface area contributed by atoms with E-state index in [2.05, 4.69) is 17.1 Å². The van der Waals surface area contributed by atoms with Crippen LogP contribution in [0.1, 0.15) is 25.6 Å². The van der Waals surface area contributed by atoms with Gasteiger partial charge in [0.05, 0.1) is 0 Å². The molecular formula is C19H21F2N3O2P2. The molecular weight excluding hydrogens is 402 g/mol. The van der Waals surface area contributed by atoms with E-state index in [0.29, 0.717) is 22.5 Å². The molecule has 28 heavy (non-hydrogen) atoms. The molecule has 1 N–H and O–H groups in total. The molecule has 3 atom stereocenters. The first kappa shape index (κ1) is 19.6. The number of ether oxygens (including phenoxy) is 1.